The van der Waals surface area contributed by atoms with Gasteiger partial charge in [0, 0.05) is 30.7 Å². The van der Waals surface area contributed by atoms with Crippen LogP contribution in [0.2, 0.25) is 0 Å². The predicted octanol–water partition coefficient (Wildman–Crippen LogP) is 3.41. The van der Waals surface area contributed by atoms with Crippen LogP contribution in [-0.2, 0) is 0 Å². The number of hydrogen-bond acceptors (Lipinski definition) is 6. The van der Waals surface area contributed by atoms with Gasteiger partial charge < -0.3 is 10.0 Å². The summed E-state index contributed by atoms with van der Waals surface area (Å²) < 4.78 is 1.54. The smallest absolute Gasteiger partial charge is 0.259 e. The lowest BCUT2D eigenvalue weighted by molar-refractivity contribution is 0.154. The van der Waals surface area contributed by atoms with Crippen molar-refractivity contribution in [3.63, 3.8) is 0 Å². The van der Waals surface area contributed by atoms with Gasteiger partial charge in [0.05, 0.1) is 11.8 Å². The molecule has 146 valence electrons. The van der Waals surface area contributed by atoms with Gasteiger partial charge in [0.1, 0.15) is 16.5 Å². The Morgan fingerprint density at radius 3 is 2.89 bits per heavy atom. The Morgan fingerprint density at radius 2 is 2.14 bits per heavy atom. The van der Waals surface area contributed by atoms with Crippen LogP contribution in [0.1, 0.15) is 48.9 Å². The van der Waals surface area contributed by atoms with Crippen molar-refractivity contribution in [3.8, 4) is 0 Å². The first-order chi connectivity index (χ1) is 13.5. The summed E-state index contributed by atoms with van der Waals surface area (Å²) >= 11 is 1.63. The number of pyridine rings is 1. The zero-order valence-electron chi connectivity index (χ0n) is 16.1. The summed E-state index contributed by atoms with van der Waals surface area (Å²) in [5.74, 6) is 1.05. The molecule has 3 aromatic rings. The highest BCUT2D eigenvalue weighted by Crippen LogP contribution is 2.20. The zero-order chi connectivity index (χ0) is 19.7. The van der Waals surface area contributed by atoms with Crippen molar-refractivity contribution in [2.75, 3.05) is 18.0 Å². The SMILES string of the molecule is CC(C)c1csc(C=Cc2ccn3c(=O)cc(N4CCCC(O)C4)nc3c2)n1. The van der Waals surface area contributed by atoms with Crippen LogP contribution in [0.5, 0.6) is 0 Å². The van der Waals surface area contributed by atoms with Crippen LogP contribution in [0.3, 0.4) is 0 Å². The molecule has 4 rings (SSSR count). The molecule has 1 saturated heterocycles. The Balaban J connectivity index is 1.63. The Kier molecular flexibility index (Phi) is 5.28. The van der Waals surface area contributed by atoms with E-state index in [2.05, 4.69) is 29.2 Å². The van der Waals surface area contributed by atoms with E-state index < -0.39 is 0 Å². The van der Waals surface area contributed by atoms with Crippen LogP contribution >= 0.6 is 11.3 Å². The summed E-state index contributed by atoms with van der Waals surface area (Å²) in [7, 11) is 0. The highest BCUT2D eigenvalue weighted by Gasteiger charge is 2.19. The van der Waals surface area contributed by atoms with Gasteiger partial charge in [-0.15, -0.1) is 11.3 Å². The number of nitrogens with zero attached hydrogens (tertiary/aromatic N) is 4. The van der Waals surface area contributed by atoms with Crippen LogP contribution in [0, 0.1) is 0 Å². The lowest BCUT2D eigenvalue weighted by Gasteiger charge is -2.30. The van der Waals surface area contributed by atoms with Crippen molar-refractivity contribution < 1.29 is 5.11 Å². The number of rotatable bonds is 4. The Labute approximate surface area is 167 Å². The van der Waals surface area contributed by atoms with E-state index in [1.165, 1.54) is 0 Å². The van der Waals surface area contributed by atoms with Crippen LogP contribution in [-0.4, -0.2) is 38.7 Å². The molecule has 0 bridgehead atoms. The second-order valence-electron chi connectivity index (χ2n) is 7.48. The van der Waals surface area contributed by atoms with E-state index in [-0.39, 0.29) is 11.7 Å². The summed E-state index contributed by atoms with van der Waals surface area (Å²) in [6.07, 6.45) is 7.07. The van der Waals surface area contributed by atoms with Crippen molar-refractivity contribution in [1.29, 1.82) is 0 Å². The normalized spacial score (nSPS) is 17.9. The molecular weight excluding hydrogens is 372 g/mol. The molecule has 1 fully saturated rings. The molecule has 6 nitrogen and oxygen atoms in total. The Morgan fingerprint density at radius 1 is 1.29 bits per heavy atom. The van der Waals surface area contributed by atoms with E-state index in [0.29, 0.717) is 23.9 Å². The quantitative estimate of drug-likeness (QED) is 0.732. The zero-order valence-corrected chi connectivity index (χ0v) is 16.9. The molecule has 0 saturated carbocycles. The first kappa shape index (κ1) is 18.8. The van der Waals surface area contributed by atoms with Crippen molar-refractivity contribution in [2.24, 2.45) is 0 Å². The van der Waals surface area contributed by atoms with Gasteiger partial charge >= 0.3 is 0 Å². The average Bonchev–Trinajstić information content (AvgIpc) is 3.15. The van der Waals surface area contributed by atoms with Crippen LogP contribution < -0.4 is 10.5 Å². The van der Waals surface area contributed by atoms with E-state index >= 15 is 0 Å². The second-order valence-corrected chi connectivity index (χ2v) is 8.37. The molecular formula is C21H24N4O2S. The minimum atomic E-state index is -0.364. The van der Waals surface area contributed by atoms with Crippen LogP contribution in [0.15, 0.2) is 34.6 Å². The molecule has 1 unspecified atom stereocenters. The first-order valence-corrected chi connectivity index (χ1v) is 10.5. The fourth-order valence-electron chi connectivity index (χ4n) is 3.34. The largest absolute Gasteiger partial charge is 0.391 e. The lowest BCUT2D eigenvalue weighted by atomic mass is 10.1. The maximum absolute atomic E-state index is 12.5. The molecule has 3 aromatic heterocycles. The summed E-state index contributed by atoms with van der Waals surface area (Å²) in [4.78, 5) is 23.8. The summed E-state index contributed by atoms with van der Waals surface area (Å²) in [6, 6.07) is 5.34. The number of hydrogen-bond donors (Lipinski definition) is 1. The average molecular weight is 397 g/mol. The maximum Gasteiger partial charge on any atom is 0.259 e. The third kappa shape index (κ3) is 4.00. The molecule has 0 aromatic carbocycles. The standard InChI is InChI=1S/C21H24N4O2S/c1-14(2)17-13-28-20(22-17)6-5-15-7-9-25-19(10-15)23-18(11-21(25)27)24-8-3-4-16(26)12-24/h5-7,9-11,13-14,16,26H,3-4,8,12H2,1-2H3. The third-order valence-corrected chi connectivity index (χ3v) is 5.78. The minimum Gasteiger partial charge on any atom is -0.391 e. The molecule has 1 aliphatic rings. The topological polar surface area (TPSA) is 70.7 Å². The monoisotopic (exact) mass is 396 g/mol. The summed E-state index contributed by atoms with van der Waals surface area (Å²) in [5, 5.41) is 13.0. The maximum atomic E-state index is 12.5. The highest BCUT2D eigenvalue weighted by molar-refractivity contribution is 7.10. The number of aromatic nitrogens is 3. The van der Waals surface area contributed by atoms with E-state index in [1.54, 1.807) is 28.0 Å². The molecule has 0 spiro atoms. The summed E-state index contributed by atoms with van der Waals surface area (Å²) in [6.45, 7) is 5.59. The van der Waals surface area contributed by atoms with E-state index in [9.17, 15) is 9.90 Å². The van der Waals surface area contributed by atoms with Gasteiger partial charge in [-0.1, -0.05) is 19.9 Å². The number of aliphatic hydroxyl groups is 1. The summed E-state index contributed by atoms with van der Waals surface area (Å²) in [5.41, 5.74) is 2.55. The number of thiazole rings is 1. The van der Waals surface area contributed by atoms with Gasteiger partial charge in [-0.2, -0.15) is 0 Å². The molecule has 28 heavy (non-hydrogen) atoms. The second kappa shape index (κ2) is 7.85. The van der Waals surface area contributed by atoms with Gasteiger partial charge in [0.2, 0.25) is 0 Å². The lowest BCUT2D eigenvalue weighted by Crippen LogP contribution is -2.39. The number of aliphatic hydroxyl groups excluding tert-OH is 1. The number of anilines is 1. The molecule has 4 heterocycles. The fraction of sp³-hybridized carbons (Fsp3) is 0.381. The van der Waals surface area contributed by atoms with Crippen molar-refractivity contribution >= 4 is 35.0 Å². The Bertz CT molecular complexity index is 1070. The Hall–Kier alpha value is -2.51. The van der Waals surface area contributed by atoms with Gasteiger partial charge in [0.15, 0.2) is 0 Å². The number of piperidine rings is 1. The number of fused-ring (bicyclic) bond motifs is 1. The molecule has 1 aliphatic heterocycles. The molecule has 1 atom stereocenters. The molecule has 1 N–H and O–H groups in total. The minimum absolute atomic E-state index is 0.114. The van der Waals surface area contributed by atoms with Gasteiger partial charge in [0.25, 0.3) is 5.56 Å². The van der Waals surface area contributed by atoms with Crippen molar-refractivity contribution in [1.82, 2.24) is 14.4 Å². The third-order valence-electron chi connectivity index (χ3n) is 4.95. The van der Waals surface area contributed by atoms with Crippen molar-refractivity contribution in [3.05, 3.63) is 56.4 Å². The van der Waals surface area contributed by atoms with Gasteiger partial charge in [-0.05, 0) is 42.5 Å². The van der Waals surface area contributed by atoms with Gasteiger partial charge in [-0.25, -0.2) is 9.97 Å². The van der Waals surface area contributed by atoms with Crippen molar-refractivity contribution in [2.45, 2.75) is 38.7 Å². The molecule has 0 radical (unpaired) electrons. The first-order valence-electron chi connectivity index (χ1n) is 9.59. The van der Waals surface area contributed by atoms with E-state index in [1.807, 2.05) is 29.2 Å². The fourth-order valence-corrected chi connectivity index (χ4v) is 4.22. The molecule has 7 heteroatoms. The van der Waals surface area contributed by atoms with Gasteiger partial charge in [-0.3, -0.25) is 9.20 Å². The highest BCUT2D eigenvalue weighted by atomic mass is 32.1. The molecule has 0 aliphatic carbocycles. The molecule has 0 amide bonds. The van der Waals surface area contributed by atoms with Crippen LogP contribution in [0.25, 0.3) is 17.8 Å². The predicted molar refractivity (Wildman–Crippen MR) is 114 cm³/mol. The number of β-amino-alcohol motifs (C(OH)–C–C–N with tert-alkyl or cyclic N) is 1. The van der Waals surface area contributed by atoms with E-state index in [4.69, 9.17) is 0 Å². The van der Waals surface area contributed by atoms with Crippen LogP contribution in [0.4, 0.5) is 5.82 Å². The van der Waals surface area contributed by atoms with E-state index in [0.717, 1.165) is 35.7 Å².